The molecule has 2 aromatic heterocycles. The molecule has 20 heavy (non-hydrogen) atoms. The van der Waals surface area contributed by atoms with E-state index in [9.17, 15) is 0 Å². The molecule has 3 rings (SSSR count). The molecule has 4 heteroatoms. The third kappa shape index (κ3) is 2.91. The van der Waals surface area contributed by atoms with Crippen LogP contribution in [0.3, 0.4) is 0 Å². The molecule has 0 radical (unpaired) electrons. The first-order valence-electron chi connectivity index (χ1n) is 6.52. The van der Waals surface area contributed by atoms with E-state index in [4.69, 9.17) is 4.42 Å². The number of rotatable bonds is 4. The van der Waals surface area contributed by atoms with Crippen molar-refractivity contribution in [3.8, 4) is 11.3 Å². The number of hydrogen-bond donors (Lipinski definition) is 1. The van der Waals surface area contributed by atoms with Crippen LogP contribution in [0.1, 0.15) is 17.1 Å². The van der Waals surface area contributed by atoms with Gasteiger partial charge in [-0.15, -0.1) is 11.3 Å². The molecule has 0 bridgehead atoms. The maximum absolute atomic E-state index is 5.52. The van der Waals surface area contributed by atoms with Gasteiger partial charge in [0, 0.05) is 10.9 Å². The molecule has 2 heterocycles. The number of anilines is 1. The minimum absolute atomic E-state index is 0.661. The maximum Gasteiger partial charge on any atom is 0.183 e. The zero-order valence-corrected chi connectivity index (χ0v) is 12.3. The van der Waals surface area contributed by atoms with Gasteiger partial charge in [-0.2, -0.15) is 0 Å². The highest BCUT2D eigenvalue weighted by atomic mass is 32.1. The lowest BCUT2D eigenvalue weighted by atomic mass is 10.1. The number of hydrogen-bond acceptors (Lipinski definition) is 4. The first-order valence-corrected chi connectivity index (χ1v) is 7.40. The van der Waals surface area contributed by atoms with Crippen molar-refractivity contribution in [1.29, 1.82) is 0 Å². The molecule has 3 aromatic rings. The average molecular weight is 284 g/mol. The molecule has 0 aliphatic rings. The van der Waals surface area contributed by atoms with Gasteiger partial charge in [0.2, 0.25) is 0 Å². The summed E-state index contributed by atoms with van der Waals surface area (Å²) in [5.74, 6) is 1.86. The molecule has 0 saturated carbocycles. The van der Waals surface area contributed by atoms with E-state index in [0.29, 0.717) is 6.54 Å². The molecule has 0 spiro atoms. The number of aryl methyl sites for hydroxylation is 2. The van der Waals surface area contributed by atoms with Gasteiger partial charge in [0.15, 0.2) is 5.13 Å². The Morgan fingerprint density at radius 3 is 2.60 bits per heavy atom. The predicted molar refractivity (Wildman–Crippen MR) is 83.1 cm³/mol. The van der Waals surface area contributed by atoms with Crippen LogP contribution in [0, 0.1) is 13.8 Å². The lowest BCUT2D eigenvalue weighted by Gasteiger charge is -1.99. The molecule has 1 aromatic carbocycles. The van der Waals surface area contributed by atoms with E-state index in [2.05, 4.69) is 46.9 Å². The van der Waals surface area contributed by atoms with Crippen molar-refractivity contribution < 1.29 is 4.42 Å². The lowest BCUT2D eigenvalue weighted by Crippen LogP contribution is -1.97. The van der Waals surface area contributed by atoms with Crippen molar-refractivity contribution in [2.75, 3.05) is 5.32 Å². The predicted octanol–water partition coefficient (Wildman–Crippen LogP) is 4.63. The third-order valence-corrected chi connectivity index (χ3v) is 3.86. The molecule has 3 nitrogen and oxygen atoms in total. The summed E-state index contributed by atoms with van der Waals surface area (Å²) < 4.78 is 5.52. The summed E-state index contributed by atoms with van der Waals surface area (Å²) in [5.41, 5.74) is 3.41. The Labute approximate surface area is 122 Å². The van der Waals surface area contributed by atoms with E-state index in [1.54, 1.807) is 11.3 Å². The van der Waals surface area contributed by atoms with Gasteiger partial charge in [-0.3, -0.25) is 0 Å². The maximum atomic E-state index is 5.52. The summed E-state index contributed by atoms with van der Waals surface area (Å²) >= 11 is 1.61. The molecule has 0 atom stereocenters. The zero-order valence-electron chi connectivity index (χ0n) is 11.5. The second kappa shape index (κ2) is 5.51. The molecule has 0 aliphatic heterocycles. The quantitative estimate of drug-likeness (QED) is 0.759. The van der Waals surface area contributed by atoms with Crippen molar-refractivity contribution in [3.05, 3.63) is 58.9 Å². The Morgan fingerprint density at radius 1 is 1.10 bits per heavy atom. The van der Waals surface area contributed by atoms with Crippen molar-refractivity contribution in [3.63, 3.8) is 0 Å². The lowest BCUT2D eigenvalue weighted by molar-refractivity contribution is 0.490. The summed E-state index contributed by atoms with van der Waals surface area (Å²) in [5, 5.41) is 6.27. The molecular formula is C16H16N2OS. The van der Waals surface area contributed by atoms with Crippen molar-refractivity contribution in [1.82, 2.24) is 4.98 Å². The number of thiazole rings is 1. The third-order valence-electron chi connectivity index (χ3n) is 3.06. The molecular weight excluding hydrogens is 268 g/mol. The standard InChI is InChI=1S/C16H16N2OS/c1-11-3-6-13(7-4-11)15-10-20-16(18-15)17-9-14-8-5-12(2)19-14/h3-8,10H,9H2,1-2H3,(H,17,18). The van der Waals surface area contributed by atoms with E-state index in [1.165, 1.54) is 5.56 Å². The van der Waals surface area contributed by atoms with Gasteiger partial charge in [-0.25, -0.2) is 4.98 Å². The smallest absolute Gasteiger partial charge is 0.183 e. The van der Waals surface area contributed by atoms with Crippen LogP contribution in [0.2, 0.25) is 0 Å². The highest BCUT2D eigenvalue weighted by Gasteiger charge is 2.05. The van der Waals surface area contributed by atoms with Crippen LogP contribution in [0.4, 0.5) is 5.13 Å². The summed E-state index contributed by atoms with van der Waals surface area (Å²) in [6, 6.07) is 12.4. The van der Waals surface area contributed by atoms with Crippen LogP contribution in [-0.2, 0) is 6.54 Å². The fourth-order valence-electron chi connectivity index (χ4n) is 1.95. The fourth-order valence-corrected chi connectivity index (χ4v) is 2.67. The normalized spacial score (nSPS) is 10.7. The summed E-state index contributed by atoms with van der Waals surface area (Å²) in [4.78, 5) is 4.60. The van der Waals surface area contributed by atoms with Gasteiger partial charge in [-0.05, 0) is 26.0 Å². The van der Waals surface area contributed by atoms with Crippen molar-refractivity contribution in [2.45, 2.75) is 20.4 Å². The summed E-state index contributed by atoms with van der Waals surface area (Å²) in [6.45, 7) is 4.69. The van der Waals surface area contributed by atoms with Crippen molar-refractivity contribution in [2.24, 2.45) is 0 Å². The SMILES string of the molecule is Cc1ccc(-c2csc(NCc3ccc(C)o3)n2)cc1. The van der Waals surface area contributed by atoms with E-state index in [0.717, 1.165) is 27.9 Å². The highest BCUT2D eigenvalue weighted by Crippen LogP contribution is 2.25. The van der Waals surface area contributed by atoms with Crippen LogP contribution < -0.4 is 5.32 Å². The van der Waals surface area contributed by atoms with Gasteiger partial charge < -0.3 is 9.73 Å². The second-order valence-corrected chi connectivity index (χ2v) is 5.63. The molecule has 0 fully saturated rings. The minimum atomic E-state index is 0.661. The summed E-state index contributed by atoms with van der Waals surface area (Å²) in [6.07, 6.45) is 0. The molecule has 102 valence electrons. The first kappa shape index (κ1) is 12.9. The van der Waals surface area contributed by atoms with Crippen molar-refractivity contribution >= 4 is 16.5 Å². The van der Waals surface area contributed by atoms with Gasteiger partial charge in [0.25, 0.3) is 0 Å². The van der Waals surface area contributed by atoms with Gasteiger partial charge in [0.1, 0.15) is 11.5 Å². The number of benzene rings is 1. The molecule has 0 amide bonds. The van der Waals surface area contributed by atoms with Crippen LogP contribution >= 0.6 is 11.3 Å². The Hall–Kier alpha value is -2.07. The molecule has 1 N–H and O–H groups in total. The van der Waals surface area contributed by atoms with Gasteiger partial charge in [0.05, 0.1) is 12.2 Å². The van der Waals surface area contributed by atoms with E-state index < -0.39 is 0 Å². The fraction of sp³-hybridized carbons (Fsp3) is 0.188. The summed E-state index contributed by atoms with van der Waals surface area (Å²) in [7, 11) is 0. The van der Waals surface area contributed by atoms with Gasteiger partial charge in [-0.1, -0.05) is 29.8 Å². The number of nitrogens with zero attached hydrogens (tertiary/aromatic N) is 1. The molecule has 0 unspecified atom stereocenters. The minimum Gasteiger partial charge on any atom is -0.465 e. The number of furan rings is 1. The van der Waals surface area contributed by atoms with E-state index >= 15 is 0 Å². The number of aromatic nitrogens is 1. The first-order chi connectivity index (χ1) is 9.70. The molecule has 0 aliphatic carbocycles. The topological polar surface area (TPSA) is 38.1 Å². The Balaban J connectivity index is 1.69. The monoisotopic (exact) mass is 284 g/mol. The molecule has 0 saturated heterocycles. The average Bonchev–Trinajstić information content (AvgIpc) is 3.06. The van der Waals surface area contributed by atoms with Crippen LogP contribution in [-0.4, -0.2) is 4.98 Å². The Bertz CT molecular complexity index is 697. The zero-order chi connectivity index (χ0) is 13.9. The largest absolute Gasteiger partial charge is 0.465 e. The van der Waals surface area contributed by atoms with Gasteiger partial charge >= 0.3 is 0 Å². The Morgan fingerprint density at radius 2 is 1.90 bits per heavy atom. The highest BCUT2D eigenvalue weighted by molar-refractivity contribution is 7.14. The second-order valence-electron chi connectivity index (χ2n) is 4.77. The van der Waals surface area contributed by atoms with Crippen LogP contribution in [0.15, 0.2) is 46.2 Å². The van der Waals surface area contributed by atoms with E-state index in [1.807, 2.05) is 19.1 Å². The Kier molecular flexibility index (Phi) is 3.56. The van der Waals surface area contributed by atoms with E-state index in [-0.39, 0.29) is 0 Å². The van der Waals surface area contributed by atoms with Crippen LogP contribution in [0.5, 0.6) is 0 Å². The van der Waals surface area contributed by atoms with Crippen LogP contribution in [0.25, 0.3) is 11.3 Å². The number of nitrogens with one attached hydrogen (secondary N) is 1.